The summed E-state index contributed by atoms with van der Waals surface area (Å²) in [4.78, 5) is 14.4. The molecule has 48 heavy (non-hydrogen) atoms. The Kier molecular flexibility index (Phi) is 6.28. The van der Waals surface area contributed by atoms with Crippen molar-refractivity contribution in [2.75, 3.05) is 0 Å². The van der Waals surface area contributed by atoms with Crippen LogP contribution in [0, 0.1) is 0 Å². The van der Waals surface area contributed by atoms with Crippen LogP contribution in [0.25, 0.3) is 94.5 Å². The quantitative estimate of drug-likeness (QED) is 0.181. The highest BCUT2D eigenvalue weighted by molar-refractivity contribution is 6.18. The Morgan fingerprint density at radius 1 is 0.521 bits per heavy atom. The van der Waals surface area contributed by atoms with Crippen LogP contribution in [0.15, 0.2) is 162 Å². The molecular formula is C45H29NO2. The van der Waals surface area contributed by atoms with E-state index in [4.69, 9.17) is 4.42 Å². The zero-order valence-corrected chi connectivity index (χ0v) is 26.1. The molecule has 226 valence electrons. The van der Waals surface area contributed by atoms with Crippen molar-refractivity contribution in [2.24, 2.45) is 0 Å². The number of rotatable bonds is 5. The molecule has 9 aromatic rings. The average Bonchev–Trinajstić information content (AvgIpc) is 3.53. The molecule has 0 unspecified atom stereocenters. The SMILES string of the molecule is C=Cc1c(C=C)c(-c2cccc3c2oc2ccccc23)c2ccccc2c1-c1ccc2c(c1)c(=O)n(-c1ccccc1)c1ccccc21. The molecular weight excluding hydrogens is 587 g/mol. The summed E-state index contributed by atoms with van der Waals surface area (Å²) in [6, 6.07) is 47.1. The van der Waals surface area contributed by atoms with E-state index in [-0.39, 0.29) is 5.56 Å². The van der Waals surface area contributed by atoms with Crippen molar-refractivity contribution in [3.63, 3.8) is 0 Å². The van der Waals surface area contributed by atoms with Crippen LogP contribution < -0.4 is 5.56 Å². The van der Waals surface area contributed by atoms with Crippen molar-refractivity contribution in [3.05, 3.63) is 174 Å². The zero-order chi connectivity index (χ0) is 32.4. The summed E-state index contributed by atoms with van der Waals surface area (Å²) < 4.78 is 8.34. The minimum atomic E-state index is -0.0571. The molecule has 3 heteroatoms. The van der Waals surface area contributed by atoms with Gasteiger partial charge in [-0.25, -0.2) is 0 Å². The third-order valence-corrected chi connectivity index (χ3v) is 9.57. The maximum Gasteiger partial charge on any atom is 0.263 e. The molecule has 0 radical (unpaired) electrons. The lowest BCUT2D eigenvalue weighted by molar-refractivity contribution is 0.670. The van der Waals surface area contributed by atoms with Gasteiger partial charge >= 0.3 is 0 Å². The molecule has 0 atom stereocenters. The summed E-state index contributed by atoms with van der Waals surface area (Å²) in [6.07, 6.45) is 3.83. The van der Waals surface area contributed by atoms with E-state index in [1.165, 1.54) is 0 Å². The van der Waals surface area contributed by atoms with Crippen LogP contribution in [0.3, 0.4) is 0 Å². The summed E-state index contributed by atoms with van der Waals surface area (Å²) in [7, 11) is 0. The minimum Gasteiger partial charge on any atom is -0.455 e. The first-order valence-electron chi connectivity index (χ1n) is 16.1. The van der Waals surface area contributed by atoms with E-state index >= 15 is 0 Å². The van der Waals surface area contributed by atoms with E-state index in [0.717, 1.165) is 88.1 Å². The Labute approximate surface area is 276 Å². The molecule has 2 aromatic heterocycles. The Balaban J connectivity index is 1.38. The number of benzene rings is 7. The predicted molar refractivity (Wildman–Crippen MR) is 203 cm³/mol. The Hall–Kier alpha value is -6.45. The van der Waals surface area contributed by atoms with Crippen LogP contribution in [0.1, 0.15) is 11.1 Å². The summed E-state index contributed by atoms with van der Waals surface area (Å²) in [5.41, 5.74) is 9.27. The summed E-state index contributed by atoms with van der Waals surface area (Å²) >= 11 is 0. The Morgan fingerprint density at radius 3 is 1.92 bits per heavy atom. The molecule has 0 saturated heterocycles. The fraction of sp³-hybridized carbons (Fsp3) is 0. The number of fused-ring (bicyclic) bond motifs is 7. The van der Waals surface area contributed by atoms with Gasteiger partial charge in [0.15, 0.2) is 0 Å². The van der Waals surface area contributed by atoms with Gasteiger partial charge < -0.3 is 4.42 Å². The van der Waals surface area contributed by atoms with Gasteiger partial charge in [0.05, 0.1) is 5.52 Å². The lowest BCUT2D eigenvalue weighted by Gasteiger charge is -2.21. The van der Waals surface area contributed by atoms with Crippen molar-refractivity contribution in [1.29, 1.82) is 0 Å². The monoisotopic (exact) mass is 615 g/mol. The van der Waals surface area contributed by atoms with Gasteiger partial charge in [0, 0.05) is 38.4 Å². The highest BCUT2D eigenvalue weighted by Gasteiger charge is 2.22. The number of hydrogen-bond acceptors (Lipinski definition) is 2. The van der Waals surface area contributed by atoms with E-state index in [9.17, 15) is 4.79 Å². The number of para-hydroxylation sites is 4. The molecule has 0 N–H and O–H groups in total. The molecule has 0 saturated carbocycles. The van der Waals surface area contributed by atoms with E-state index < -0.39 is 0 Å². The number of nitrogens with zero attached hydrogens (tertiary/aromatic N) is 1. The predicted octanol–water partition coefficient (Wildman–Crippen LogP) is 11.8. The first-order valence-corrected chi connectivity index (χ1v) is 16.1. The van der Waals surface area contributed by atoms with E-state index in [2.05, 4.69) is 79.9 Å². The van der Waals surface area contributed by atoms with Crippen LogP contribution in [0.4, 0.5) is 0 Å². The molecule has 0 aliphatic heterocycles. The number of hydrogen-bond donors (Lipinski definition) is 0. The van der Waals surface area contributed by atoms with Crippen molar-refractivity contribution in [3.8, 4) is 27.9 Å². The summed E-state index contributed by atoms with van der Waals surface area (Å²) in [5, 5.41) is 6.90. The molecule has 3 nitrogen and oxygen atoms in total. The van der Waals surface area contributed by atoms with Crippen molar-refractivity contribution >= 4 is 66.5 Å². The Morgan fingerprint density at radius 2 is 1.15 bits per heavy atom. The number of furan rings is 1. The van der Waals surface area contributed by atoms with Gasteiger partial charge in [0.1, 0.15) is 11.2 Å². The van der Waals surface area contributed by atoms with Crippen LogP contribution in [0.2, 0.25) is 0 Å². The lowest BCUT2D eigenvalue weighted by Crippen LogP contribution is -2.19. The van der Waals surface area contributed by atoms with Crippen LogP contribution in [-0.2, 0) is 0 Å². The van der Waals surface area contributed by atoms with Gasteiger partial charge in [-0.3, -0.25) is 9.36 Å². The molecule has 0 spiro atoms. The average molecular weight is 616 g/mol. The molecule has 0 fully saturated rings. The standard InChI is InChI=1S/C45H29NO2/c1-3-30-31(4-2)43(38-22-14-21-37-34-18-11-13-24-41(34)48-44(37)38)36-20-9-8-19-35(36)42(30)28-25-26-32-33-17-10-12-23-40(33)46(45(47)39(32)27-28)29-15-6-5-7-16-29/h3-27H,1-2H2. The molecule has 2 heterocycles. The van der Waals surface area contributed by atoms with E-state index in [1.54, 1.807) is 0 Å². The zero-order valence-electron chi connectivity index (χ0n) is 26.1. The molecule has 7 aromatic carbocycles. The molecule has 9 rings (SSSR count). The van der Waals surface area contributed by atoms with Gasteiger partial charge in [-0.1, -0.05) is 135 Å². The normalized spacial score (nSPS) is 11.6. The topological polar surface area (TPSA) is 35.1 Å². The smallest absolute Gasteiger partial charge is 0.263 e. The molecule has 0 aliphatic carbocycles. The summed E-state index contributed by atoms with van der Waals surface area (Å²) in [6.45, 7) is 8.60. The number of aromatic nitrogens is 1. The number of pyridine rings is 1. The highest BCUT2D eigenvalue weighted by atomic mass is 16.3. The largest absolute Gasteiger partial charge is 0.455 e. The third-order valence-electron chi connectivity index (χ3n) is 9.57. The molecule has 0 bridgehead atoms. The lowest BCUT2D eigenvalue weighted by atomic mass is 9.83. The molecule has 0 amide bonds. The van der Waals surface area contributed by atoms with Gasteiger partial charge in [0.2, 0.25) is 0 Å². The minimum absolute atomic E-state index is 0.0571. The Bertz CT molecular complexity index is 2840. The fourth-order valence-electron chi connectivity index (χ4n) is 7.52. The van der Waals surface area contributed by atoms with Crippen molar-refractivity contribution in [1.82, 2.24) is 4.57 Å². The van der Waals surface area contributed by atoms with Crippen LogP contribution in [-0.4, -0.2) is 4.57 Å². The van der Waals surface area contributed by atoms with Crippen LogP contribution in [0.5, 0.6) is 0 Å². The maximum absolute atomic E-state index is 14.4. The second-order valence-corrected chi connectivity index (χ2v) is 12.1. The molecule has 0 aliphatic rings. The van der Waals surface area contributed by atoms with Gasteiger partial charge in [-0.05, 0) is 68.7 Å². The highest BCUT2D eigenvalue weighted by Crippen LogP contribution is 2.46. The van der Waals surface area contributed by atoms with Gasteiger partial charge in [-0.2, -0.15) is 0 Å². The summed E-state index contributed by atoms with van der Waals surface area (Å²) in [5.74, 6) is 0. The van der Waals surface area contributed by atoms with Gasteiger partial charge in [0.25, 0.3) is 5.56 Å². The second kappa shape index (κ2) is 10.8. The second-order valence-electron chi connectivity index (χ2n) is 12.1. The van der Waals surface area contributed by atoms with E-state index in [0.29, 0.717) is 5.39 Å². The first-order chi connectivity index (χ1) is 23.7. The van der Waals surface area contributed by atoms with Crippen molar-refractivity contribution in [2.45, 2.75) is 0 Å². The first kappa shape index (κ1) is 27.8. The maximum atomic E-state index is 14.4. The fourth-order valence-corrected chi connectivity index (χ4v) is 7.52. The third kappa shape index (κ3) is 3.98. The van der Waals surface area contributed by atoms with Crippen molar-refractivity contribution < 1.29 is 4.42 Å². The van der Waals surface area contributed by atoms with E-state index in [1.807, 2.05) is 89.5 Å². The van der Waals surface area contributed by atoms with Crippen LogP contribution >= 0.6 is 0 Å². The van der Waals surface area contributed by atoms with Gasteiger partial charge in [-0.15, -0.1) is 0 Å².